The Bertz CT molecular complexity index is 442. The molecule has 0 bridgehead atoms. The topological polar surface area (TPSA) is 70.5 Å². The Morgan fingerprint density at radius 1 is 1.43 bits per heavy atom. The van der Waals surface area contributed by atoms with Crippen molar-refractivity contribution in [2.75, 3.05) is 43.1 Å². The van der Waals surface area contributed by atoms with Gasteiger partial charge in [0.25, 0.3) is 0 Å². The largest absolute Gasteiger partial charge is 0.396 e. The van der Waals surface area contributed by atoms with Crippen LogP contribution in [0.15, 0.2) is 6.07 Å². The molecule has 1 aliphatic heterocycles. The Labute approximate surface area is 126 Å². The highest BCUT2D eigenvalue weighted by molar-refractivity contribution is 5.50. The lowest BCUT2D eigenvalue weighted by Crippen LogP contribution is -2.22. The van der Waals surface area contributed by atoms with Gasteiger partial charge in [0.05, 0.1) is 0 Å². The van der Waals surface area contributed by atoms with Crippen molar-refractivity contribution in [1.29, 1.82) is 0 Å². The molecule has 1 atom stereocenters. The first-order valence-electron chi connectivity index (χ1n) is 7.82. The van der Waals surface area contributed by atoms with E-state index in [0.29, 0.717) is 19.1 Å². The number of anilines is 2. The first-order chi connectivity index (χ1) is 10.3. The van der Waals surface area contributed by atoms with Crippen molar-refractivity contribution >= 4 is 11.6 Å². The van der Waals surface area contributed by atoms with Gasteiger partial charge in [0.1, 0.15) is 18.2 Å². The minimum absolute atomic E-state index is 0.264. The molecule has 2 heterocycles. The molecule has 6 nitrogen and oxygen atoms in total. The second-order valence-corrected chi connectivity index (χ2v) is 5.31. The summed E-state index contributed by atoms with van der Waals surface area (Å²) in [6.07, 6.45) is 1.98. The number of aliphatic hydroxyl groups excluding tert-OH is 1. The first kappa shape index (κ1) is 16.0. The van der Waals surface area contributed by atoms with Gasteiger partial charge in [0, 0.05) is 38.9 Å². The SMILES string of the molecule is CCNc1cc(N2CCC(CCO)C2)nc(COCC)n1. The molecule has 0 amide bonds. The number of nitrogens with zero attached hydrogens (tertiary/aromatic N) is 3. The van der Waals surface area contributed by atoms with E-state index in [0.717, 1.165) is 49.9 Å². The van der Waals surface area contributed by atoms with E-state index in [9.17, 15) is 0 Å². The van der Waals surface area contributed by atoms with Crippen LogP contribution in [0.3, 0.4) is 0 Å². The van der Waals surface area contributed by atoms with Gasteiger partial charge < -0.3 is 20.1 Å². The highest BCUT2D eigenvalue weighted by Crippen LogP contribution is 2.25. The van der Waals surface area contributed by atoms with Crippen molar-refractivity contribution in [3.63, 3.8) is 0 Å². The molecular weight excluding hydrogens is 268 g/mol. The van der Waals surface area contributed by atoms with Gasteiger partial charge in [0.15, 0.2) is 5.82 Å². The molecule has 1 unspecified atom stereocenters. The summed E-state index contributed by atoms with van der Waals surface area (Å²) in [4.78, 5) is 11.4. The van der Waals surface area contributed by atoms with Gasteiger partial charge in [0.2, 0.25) is 0 Å². The van der Waals surface area contributed by atoms with Crippen LogP contribution in [-0.4, -0.2) is 47.9 Å². The van der Waals surface area contributed by atoms with Crippen LogP contribution in [0.4, 0.5) is 11.6 Å². The molecule has 1 aromatic rings. The predicted molar refractivity (Wildman–Crippen MR) is 83.5 cm³/mol. The van der Waals surface area contributed by atoms with Crippen LogP contribution in [0.25, 0.3) is 0 Å². The number of aromatic nitrogens is 2. The number of nitrogens with one attached hydrogen (secondary N) is 1. The lowest BCUT2D eigenvalue weighted by Gasteiger charge is -2.19. The molecular formula is C15H26N4O2. The Balaban J connectivity index is 2.11. The van der Waals surface area contributed by atoms with Crippen LogP contribution in [0.5, 0.6) is 0 Å². The molecule has 1 aromatic heterocycles. The fraction of sp³-hybridized carbons (Fsp3) is 0.733. The number of hydrogen-bond donors (Lipinski definition) is 2. The average molecular weight is 294 g/mol. The fourth-order valence-corrected chi connectivity index (χ4v) is 2.63. The molecule has 1 fully saturated rings. The maximum atomic E-state index is 9.07. The maximum absolute atomic E-state index is 9.07. The van der Waals surface area contributed by atoms with Gasteiger partial charge in [-0.05, 0) is 32.6 Å². The molecule has 6 heteroatoms. The van der Waals surface area contributed by atoms with E-state index in [-0.39, 0.29) is 6.61 Å². The summed E-state index contributed by atoms with van der Waals surface area (Å²) in [5.41, 5.74) is 0. The molecule has 0 aromatic carbocycles. The summed E-state index contributed by atoms with van der Waals surface area (Å²) in [5.74, 6) is 3.08. The minimum atomic E-state index is 0.264. The summed E-state index contributed by atoms with van der Waals surface area (Å²) in [7, 11) is 0. The van der Waals surface area contributed by atoms with Gasteiger partial charge in [-0.25, -0.2) is 9.97 Å². The Morgan fingerprint density at radius 3 is 3.00 bits per heavy atom. The lowest BCUT2D eigenvalue weighted by atomic mass is 10.1. The minimum Gasteiger partial charge on any atom is -0.396 e. The lowest BCUT2D eigenvalue weighted by molar-refractivity contribution is 0.128. The third-order valence-electron chi connectivity index (χ3n) is 3.70. The first-order valence-corrected chi connectivity index (χ1v) is 7.82. The molecule has 21 heavy (non-hydrogen) atoms. The van der Waals surface area contributed by atoms with Crippen LogP contribution in [0, 0.1) is 5.92 Å². The molecule has 0 radical (unpaired) electrons. The van der Waals surface area contributed by atoms with Gasteiger partial charge in [-0.15, -0.1) is 0 Å². The van der Waals surface area contributed by atoms with Crippen molar-refractivity contribution in [2.24, 2.45) is 5.92 Å². The summed E-state index contributed by atoms with van der Waals surface area (Å²) >= 11 is 0. The predicted octanol–water partition coefficient (Wildman–Crippen LogP) is 1.65. The molecule has 2 N–H and O–H groups in total. The zero-order chi connectivity index (χ0) is 15.1. The van der Waals surface area contributed by atoms with Crippen LogP contribution in [0.1, 0.15) is 32.5 Å². The Hall–Kier alpha value is -1.40. The van der Waals surface area contributed by atoms with Crippen LogP contribution >= 0.6 is 0 Å². The molecule has 0 saturated carbocycles. The van der Waals surface area contributed by atoms with E-state index in [1.54, 1.807) is 0 Å². The Morgan fingerprint density at radius 2 is 2.29 bits per heavy atom. The highest BCUT2D eigenvalue weighted by Gasteiger charge is 2.23. The van der Waals surface area contributed by atoms with E-state index in [1.807, 2.05) is 13.0 Å². The molecule has 0 aliphatic carbocycles. The monoisotopic (exact) mass is 294 g/mol. The van der Waals surface area contributed by atoms with Crippen LogP contribution in [0.2, 0.25) is 0 Å². The highest BCUT2D eigenvalue weighted by atomic mass is 16.5. The second-order valence-electron chi connectivity index (χ2n) is 5.31. The average Bonchev–Trinajstić information content (AvgIpc) is 2.94. The standard InChI is InChI=1S/C15H26N4O2/c1-3-16-13-9-15(18-14(17-13)11-21-4-2)19-7-5-12(10-19)6-8-20/h9,12,20H,3-8,10-11H2,1-2H3,(H,16,17,18). The van der Waals surface area contributed by atoms with Crippen molar-refractivity contribution in [3.05, 3.63) is 11.9 Å². The third-order valence-corrected chi connectivity index (χ3v) is 3.70. The number of aliphatic hydroxyl groups is 1. The van der Waals surface area contributed by atoms with Gasteiger partial charge >= 0.3 is 0 Å². The summed E-state index contributed by atoms with van der Waals surface area (Å²) < 4.78 is 5.43. The van der Waals surface area contributed by atoms with E-state index in [1.165, 1.54) is 0 Å². The van der Waals surface area contributed by atoms with Crippen molar-refractivity contribution in [3.8, 4) is 0 Å². The van der Waals surface area contributed by atoms with Crippen LogP contribution in [-0.2, 0) is 11.3 Å². The zero-order valence-electron chi connectivity index (χ0n) is 13.0. The van der Waals surface area contributed by atoms with Gasteiger partial charge in [-0.2, -0.15) is 0 Å². The van der Waals surface area contributed by atoms with Gasteiger partial charge in [-0.3, -0.25) is 0 Å². The summed E-state index contributed by atoms with van der Waals surface area (Å²) in [5, 5.41) is 12.3. The number of ether oxygens (including phenoxy) is 1. The van der Waals surface area contributed by atoms with Crippen molar-refractivity contribution < 1.29 is 9.84 Å². The third kappa shape index (κ3) is 4.54. The van der Waals surface area contributed by atoms with E-state index in [4.69, 9.17) is 9.84 Å². The van der Waals surface area contributed by atoms with Crippen molar-refractivity contribution in [1.82, 2.24) is 9.97 Å². The van der Waals surface area contributed by atoms with Gasteiger partial charge in [-0.1, -0.05) is 0 Å². The number of hydrogen-bond acceptors (Lipinski definition) is 6. The molecule has 1 saturated heterocycles. The smallest absolute Gasteiger partial charge is 0.158 e. The van der Waals surface area contributed by atoms with E-state index < -0.39 is 0 Å². The summed E-state index contributed by atoms with van der Waals surface area (Å²) in [6.45, 7) is 8.16. The normalized spacial score (nSPS) is 18.2. The van der Waals surface area contributed by atoms with Crippen LogP contribution < -0.4 is 10.2 Å². The molecule has 118 valence electrons. The van der Waals surface area contributed by atoms with E-state index in [2.05, 4.69) is 27.1 Å². The quantitative estimate of drug-likeness (QED) is 0.760. The molecule has 1 aliphatic rings. The zero-order valence-corrected chi connectivity index (χ0v) is 13.0. The molecule has 0 spiro atoms. The maximum Gasteiger partial charge on any atom is 0.158 e. The van der Waals surface area contributed by atoms with E-state index >= 15 is 0 Å². The Kier molecular flexibility index (Phi) is 6.20. The summed E-state index contributed by atoms with van der Waals surface area (Å²) in [6, 6.07) is 2.00. The fourth-order valence-electron chi connectivity index (χ4n) is 2.63. The molecule has 2 rings (SSSR count). The van der Waals surface area contributed by atoms with Crippen molar-refractivity contribution in [2.45, 2.75) is 33.3 Å². The number of rotatable bonds is 8. The second kappa shape index (κ2) is 8.14.